The molecule has 0 saturated heterocycles. The zero-order valence-corrected chi connectivity index (χ0v) is 12.3. The summed E-state index contributed by atoms with van der Waals surface area (Å²) in [5.41, 5.74) is 0.577. The predicted octanol–water partition coefficient (Wildman–Crippen LogP) is 2.40. The second-order valence-electron chi connectivity index (χ2n) is 4.44. The van der Waals surface area contributed by atoms with Crippen LogP contribution in [0.4, 0.5) is 10.9 Å². The Labute approximate surface area is 121 Å². The molecule has 1 aromatic heterocycles. The Morgan fingerprint density at radius 1 is 1.20 bits per heavy atom. The van der Waals surface area contributed by atoms with Crippen LogP contribution in [0.3, 0.4) is 0 Å². The molecule has 0 aliphatic rings. The number of ketones is 1. The maximum absolute atomic E-state index is 12.5. The number of amides is 1. The number of hydrogen-bond acceptors (Lipinski definition) is 5. The number of anilines is 2. The van der Waals surface area contributed by atoms with Crippen molar-refractivity contribution in [3.8, 4) is 0 Å². The normalized spacial score (nSPS) is 10.2. The number of aromatic nitrogens is 1. The molecule has 2 rings (SSSR count). The van der Waals surface area contributed by atoms with Crippen molar-refractivity contribution in [3.05, 3.63) is 40.8 Å². The summed E-state index contributed by atoms with van der Waals surface area (Å²) in [6.07, 6.45) is 0. The van der Waals surface area contributed by atoms with Gasteiger partial charge in [0.15, 0.2) is 10.9 Å². The topological polar surface area (TPSA) is 62.3 Å². The van der Waals surface area contributed by atoms with E-state index in [2.05, 4.69) is 10.3 Å². The molecule has 0 unspecified atom stereocenters. The summed E-state index contributed by atoms with van der Waals surface area (Å²) in [4.78, 5) is 30.2. The van der Waals surface area contributed by atoms with Gasteiger partial charge in [-0.3, -0.25) is 9.59 Å². The maximum Gasteiger partial charge on any atom is 0.222 e. The number of carbonyl (C=O) groups is 2. The van der Waals surface area contributed by atoms with Crippen molar-refractivity contribution in [2.45, 2.75) is 6.92 Å². The van der Waals surface area contributed by atoms with Gasteiger partial charge in [-0.25, -0.2) is 4.98 Å². The Morgan fingerprint density at radius 2 is 1.85 bits per heavy atom. The Morgan fingerprint density at radius 3 is 2.40 bits per heavy atom. The molecule has 0 aliphatic carbocycles. The Kier molecular flexibility index (Phi) is 4.14. The van der Waals surface area contributed by atoms with Crippen molar-refractivity contribution in [3.63, 3.8) is 0 Å². The monoisotopic (exact) mass is 289 g/mol. The Hall–Kier alpha value is -2.21. The molecule has 1 amide bonds. The first-order chi connectivity index (χ1) is 9.49. The second kappa shape index (κ2) is 5.83. The third kappa shape index (κ3) is 3.03. The molecule has 1 aromatic carbocycles. The lowest BCUT2D eigenvalue weighted by Crippen LogP contribution is -2.11. The molecule has 0 spiro atoms. The van der Waals surface area contributed by atoms with Crippen LogP contribution in [0.1, 0.15) is 22.2 Å². The van der Waals surface area contributed by atoms with Crippen molar-refractivity contribution in [2.75, 3.05) is 24.3 Å². The van der Waals surface area contributed by atoms with E-state index >= 15 is 0 Å². The van der Waals surface area contributed by atoms with Gasteiger partial charge < -0.3 is 10.2 Å². The third-order valence-corrected chi connectivity index (χ3v) is 3.76. The standard InChI is InChI=1S/C14H15N3O2S/c1-9(18)15-13-12(20-14(16-13)17(2)3)11(19)10-7-5-4-6-8-10/h4-8H,1-3H3,(H,15,18). The highest BCUT2D eigenvalue weighted by Gasteiger charge is 2.21. The van der Waals surface area contributed by atoms with Crippen LogP contribution in [0.15, 0.2) is 30.3 Å². The van der Waals surface area contributed by atoms with Gasteiger partial charge in [-0.05, 0) is 0 Å². The molecule has 5 nitrogen and oxygen atoms in total. The Balaban J connectivity index is 2.43. The van der Waals surface area contributed by atoms with Crippen molar-refractivity contribution < 1.29 is 9.59 Å². The number of nitrogens with one attached hydrogen (secondary N) is 1. The highest BCUT2D eigenvalue weighted by molar-refractivity contribution is 7.18. The predicted molar refractivity (Wildman–Crippen MR) is 80.6 cm³/mol. The lowest BCUT2D eigenvalue weighted by atomic mass is 10.1. The molecule has 2 aromatic rings. The molecule has 0 fully saturated rings. The van der Waals surface area contributed by atoms with Gasteiger partial charge in [0.05, 0.1) is 0 Å². The minimum atomic E-state index is -0.247. The lowest BCUT2D eigenvalue weighted by molar-refractivity contribution is -0.114. The summed E-state index contributed by atoms with van der Waals surface area (Å²) in [5, 5.41) is 3.29. The van der Waals surface area contributed by atoms with Crippen LogP contribution < -0.4 is 10.2 Å². The molecular weight excluding hydrogens is 274 g/mol. The molecule has 20 heavy (non-hydrogen) atoms. The largest absolute Gasteiger partial charge is 0.354 e. The molecule has 0 atom stereocenters. The van der Waals surface area contributed by atoms with Crippen LogP contribution in [0.25, 0.3) is 0 Å². The molecule has 1 heterocycles. The van der Waals surface area contributed by atoms with Crippen molar-refractivity contribution in [2.24, 2.45) is 0 Å². The minimum Gasteiger partial charge on any atom is -0.354 e. The van der Waals surface area contributed by atoms with Gasteiger partial charge in [0.25, 0.3) is 0 Å². The van der Waals surface area contributed by atoms with Crippen LogP contribution in [-0.2, 0) is 4.79 Å². The number of nitrogens with zero attached hydrogens (tertiary/aromatic N) is 2. The van der Waals surface area contributed by atoms with E-state index in [-0.39, 0.29) is 11.7 Å². The van der Waals surface area contributed by atoms with E-state index in [1.165, 1.54) is 18.3 Å². The number of thiazole rings is 1. The van der Waals surface area contributed by atoms with Crippen LogP contribution in [0.5, 0.6) is 0 Å². The van der Waals surface area contributed by atoms with E-state index in [4.69, 9.17) is 0 Å². The van der Waals surface area contributed by atoms with Crippen molar-refractivity contribution >= 4 is 34.0 Å². The highest BCUT2D eigenvalue weighted by atomic mass is 32.1. The molecule has 0 aliphatic heterocycles. The first-order valence-corrected chi connectivity index (χ1v) is 6.86. The fourth-order valence-corrected chi connectivity index (χ4v) is 2.53. The molecule has 6 heteroatoms. The summed E-state index contributed by atoms with van der Waals surface area (Å²) >= 11 is 1.26. The zero-order chi connectivity index (χ0) is 14.7. The number of rotatable bonds is 4. The molecular formula is C14H15N3O2S. The average Bonchev–Trinajstić information content (AvgIpc) is 2.82. The van der Waals surface area contributed by atoms with Gasteiger partial charge in [-0.1, -0.05) is 41.7 Å². The zero-order valence-electron chi connectivity index (χ0n) is 11.5. The number of hydrogen-bond donors (Lipinski definition) is 1. The number of benzene rings is 1. The summed E-state index contributed by atoms with van der Waals surface area (Å²) < 4.78 is 0. The van der Waals surface area contributed by atoms with E-state index in [0.717, 1.165) is 0 Å². The van der Waals surface area contributed by atoms with E-state index in [0.29, 0.717) is 21.4 Å². The third-order valence-electron chi connectivity index (χ3n) is 2.54. The van der Waals surface area contributed by atoms with Gasteiger partial charge in [0.2, 0.25) is 11.7 Å². The molecule has 104 valence electrons. The lowest BCUT2D eigenvalue weighted by Gasteiger charge is -2.05. The van der Waals surface area contributed by atoms with E-state index in [1.54, 1.807) is 29.2 Å². The van der Waals surface area contributed by atoms with Crippen LogP contribution >= 0.6 is 11.3 Å². The highest BCUT2D eigenvalue weighted by Crippen LogP contribution is 2.30. The second-order valence-corrected chi connectivity index (χ2v) is 5.42. The van der Waals surface area contributed by atoms with Gasteiger partial charge in [-0.2, -0.15) is 0 Å². The van der Waals surface area contributed by atoms with Crippen molar-refractivity contribution in [1.82, 2.24) is 4.98 Å². The van der Waals surface area contributed by atoms with Crippen LogP contribution in [0, 0.1) is 0 Å². The quantitative estimate of drug-likeness (QED) is 0.878. The Bertz CT molecular complexity index is 635. The van der Waals surface area contributed by atoms with Gasteiger partial charge >= 0.3 is 0 Å². The minimum absolute atomic E-state index is 0.139. The first kappa shape index (κ1) is 14.2. The summed E-state index contributed by atoms with van der Waals surface area (Å²) in [5.74, 6) is -0.0669. The molecule has 1 N–H and O–H groups in total. The fraction of sp³-hybridized carbons (Fsp3) is 0.214. The smallest absolute Gasteiger partial charge is 0.222 e. The van der Waals surface area contributed by atoms with Crippen molar-refractivity contribution in [1.29, 1.82) is 0 Å². The van der Waals surface area contributed by atoms with E-state index < -0.39 is 0 Å². The summed E-state index contributed by atoms with van der Waals surface area (Å²) in [6, 6.07) is 8.95. The van der Waals surface area contributed by atoms with Gasteiger partial charge in [0.1, 0.15) is 4.88 Å². The van der Waals surface area contributed by atoms with Gasteiger partial charge in [-0.15, -0.1) is 0 Å². The first-order valence-electron chi connectivity index (χ1n) is 6.04. The number of carbonyl (C=O) groups excluding carboxylic acids is 2. The molecule has 0 radical (unpaired) electrons. The van der Waals surface area contributed by atoms with E-state index in [9.17, 15) is 9.59 Å². The SMILES string of the molecule is CC(=O)Nc1nc(N(C)C)sc1C(=O)c1ccccc1. The van der Waals surface area contributed by atoms with Crippen LogP contribution in [-0.4, -0.2) is 30.8 Å². The summed E-state index contributed by atoms with van der Waals surface area (Å²) in [7, 11) is 3.68. The maximum atomic E-state index is 12.5. The van der Waals surface area contributed by atoms with E-state index in [1.807, 2.05) is 20.2 Å². The van der Waals surface area contributed by atoms with Crippen LogP contribution in [0.2, 0.25) is 0 Å². The molecule has 0 bridgehead atoms. The summed E-state index contributed by atoms with van der Waals surface area (Å²) in [6.45, 7) is 1.39. The molecule has 0 saturated carbocycles. The average molecular weight is 289 g/mol. The van der Waals surface area contributed by atoms with Gasteiger partial charge in [0, 0.05) is 26.6 Å². The fourth-order valence-electron chi connectivity index (χ4n) is 1.63.